The summed E-state index contributed by atoms with van der Waals surface area (Å²) in [6.45, 7) is 3.80. The number of benzene rings is 1. The van der Waals surface area contributed by atoms with Crippen LogP contribution in [-0.4, -0.2) is 0 Å². The highest BCUT2D eigenvalue weighted by atomic mass is 16.3. The lowest BCUT2D eigenvalue weighted by Crippen LogP contribution is -2.05. The summed E-state index contributed by atoms with van der Waals surface area (Å²) in [5.74, 6) is 0.684. The van der Waals surface area contributed by atoms with Crippen molar-refractivity contribution in [1.29, 1.82) is 15.9 Å². The van der Waals surface area contributed by atoms with Gasteiger partial charge in [0, 0.05) is 5.39 Å². The van der Waals surface area contributed by atoms with Crippen molar-refractivity contribution < 1.29 is 4.42 Å². The number of nitrogens with zero attached hydrogens (tertiary/aromatic N) is 2. The van der Waals surface area contributed by atoms with Crippen LogP contribution in [0.5, 0.6) is 0 Å². The van der Waals surface area contributed by atoms with Crippen molar-refractivity contribution >= 4 is 10.8 Å². The summed E-state index contributed by atoms with van der Waals surface area (Å²) in [4.78, 5) is 0. The monoisotopic (exact) mass is 237 g/mol. The van der Waals surface area contributed by atoms with E-state index in [2.05, 4.69) is 0 Å². The molecule has 0 unspecified atom stereocenters. The maximum absolute atomic E-state index is 9.04. The number of hydrogen-bond acceptors (Lipinski definition) is 4. The molecule has 0 amide bonds. The Kier molecular flexibility index (Phi) is 2.87. The molecule has 18 heavy (non-hydrogen) atoms. The highest BCUT2D eigenvalue weighted by Crippen LogP contribution is 2.23. The molecule has 4 nitrogen and oxygen atoms in total. The quantitative estimate of drug-likeness (QED) is 0.826. The first-order valence-electron chi connectivity index (χ1n) is 5.57. The van der Waals surface area contributed by atoms with E-state index in [9.17, 15) is 0 Å². The number of fused-ring (bicyclic) bond motifs is 1. The third kappa shape index (κ3) is 1.65. The summed E-state index contributed by atoms with van der Waals surface area (Å²) in [5.41, 5.74) is 1.62. The normalized spacial score (nSPS) is 10.0. The third-order valence-corrected chi connectivity index (χ3v) is 3.00. The van der Waals surface area contributed by atoms with Gasteiger partial charge >= 0.3 is 0 Å². The van der Waals surface area contributed by atoms with Crippen molar-refractivity contribution in [3.8, 4) is 12.1 Å². The van der Waals surface area contributed by atoms with Gasteiger partial charge in [-0.15, -0.1) is 0 Å². The highest BCUT2D eigenvalue weighted by molar-refractivity contribution is 5.87. The van der Waals surface area contributed by atoms with Crippen LogP contribution in [0.2, 0.25) is 0 Å². The van der Waals surface area contributed by atoms with Crippen molar-refractivity contribution in [3.05, 3.63) is 40.1 Å². The van der Waals surface area contributed by atoms with Gasteiger partial charge in [0.1, 0.15) is 17.9 Å². The van der Waals surface area contributed by atoms with Crippen molar-refractivity contribution in [3.63, 3.8) is 0 Å². The van der Waals surface area contributed by atoms with Gasteiger partial charge in [0.25, 0.3) is 0 Å². The van der Waals surface area contributed by atoms with Gasteiger partial charge in [-0.25, -0.2) is 0 Å². The van der Waals surface area contributed by atoms with Crippen LogP contribution in [0.3, 0.4) is 0 Å². The zero-order valence-electron chi connectivity index (χ0n) is 10.2. The molecule has 0 saturated carbocycles. The molecule has 2 rings (SSSR count). The Bertz CT molecular complexity index is 773. The van der Waals surface area contributed by atoms with E-state index in [-0.39, 0.29) is 11.1 Å². The Labute approximate surface area is 104 Å². The second-order valence-corrected chi connectivity index (χ2v) is 3.99. The average Bonchev–Trinajstić information content (AvgIpc) is 2.37. The minimum atomic E-state index is 0.0284. The summed E-state index contributed by atoms with van der Waals surface area (Å²) < 4.78 is 5.36. The van der Waals surface area contributed by atoms with Gasteiger partial charge in [0.05, 0.1) is 11.1 Å². The van der Waals surface area contributed by atoms with Gasteiger partial charge in [0.2, 0.25) is 5.55 Å². The van der Waals surface area contributed by atoms with Crippen molar-refractivity contribution in [2.45, 2.75) is 20.3 Å². The molecule has 2 aromatic rings. The maximum atomic E-state index is 9.04. The van der Waals surface area contributed by atoms with Crippen LogP contribution < -0.4 is 5.55 Å². The second kappa shape index (κ2) is 4.35. The average molecular weight is 237 g/mol. The molecule has 0 aliphatic heterocycles. The summed E-state index contributed by atoms with van der Waals surface area (Å²) in [6, 6.07) is 7.21. The number of nitriles is 2. The van der Waals surface area contributed by atoms with Gasteiger partial charge in [-0.2, -0.15) is 10.5 Å². The molecule has 0 atom stereocenters. The fourth-order valence-electron chi connectivity index (χ4n) is 2.12. The lowest BCUT2D eigenvalue weighted by Gasteiger charge is -2.08. The zero-order chi connectivity index (χ0) is 13.3. The molecular formula is C14H11N3O. The van der Waals surface area contributed by atoms with Gasteiger partial charge in [-0.1, -0.05) is 6.92 Å². The molecule has 1 N–H and O–H groups in total. The molecule has 0 saturated heterocycles. The van der Waals surface area contributed by atoms with Crippen LogP contribution in [0.25, 0.3) is 10.8 Å². The fourth-order valence-corrected chi connectivity index (χ4v) is 2.12. The van der Waals surface area contributed by atoms with Crippen molar-refractivity contribution in [1.82, 2.24) is 0 Å². The molecule has 0 spiro atoms. The Morgan fingerprint density at radius 3 is 2.22 bits per heavy atom. The topological polar surface area (TPSA) is 84.6 Å². The Morgan fingerprint density at radius 2 is 1.72 bits per heavy atom. The molecule has 4 heteroatoms. The second-order valence-electron chi connectivity index (χ2n) is 3.99. The minimum Gasteiger partial charge on any atom is -0.443 e. The van der Waals surface area contributed by atoms with Gasteiger partial charge in [-0.05, 0) is 36.4 Å². The van der Waals surface area contributed by atoms with E-state index >= 15 is 0 Å². The van der Waals surface area contributed by atoms with Crippen LogP contribution in [0.1, 0.15) is 29.4 Å². The molecule has 0 aliphatic rings. The summed E-state index contributed by atoms with van der Waals surface area (Å²) in [5, 5.41) is 27.2. The zero-order valence-corrected chi connectivity index (χ0v) is 10.2. The molecule has 1 aromatic heterocycles. The molecule has 1 aromatic carbocycles. The number of rotatable bonds is 1. The Balaban J connectivity index is 3.03. The van der Waals surface area contributed by atoms with Crippen molar-refractivity contribution in [2.24, 2.45) is 0 Å². The summed E-state index contributed by atoms with van der Waals surface area (Å²) in [6.07, 6.45) is 0.753. The first-order chi connectivity index (χ1) is 8.62. The van der Waals surface area contributed by atoms with Gasteiger partial charge in [-0.3, -0.25) is 5.41 Å². The van der Waals surface area contributed by atoms with Gasteiger partial charge in [0.15, 0.2) is 0 Å². The van der Waals surface area contributed by atoms with E-state index in [1.807, 2.05) is 19.1 Å². The first kappa shape index (κ1) is 11.9. The van der Waals surface area contributed by atoms with E-state index in [0.29, 0.717) is 16.7 Å². The van der Waals surface area contributed by atoms with Crippen molar-refractivity contribution in [2.75, 3.05) is 0 Å². The maximum Gasteiger partial charge on any atom is 0.219 e. The molecule has 0 bridgehead atoms. The first-order valence-corrected chi connectivity index (χ1v) is 5.57. The predicted molar refractivity (Wildman–Crippen MR) is 65.6 cm³/mol. The fraction of sp³-hybridized carbons (Fsp3) is 0.214. The molecule has 0 radical (unpaired) electrons. The molecule has 0 fully saturated rings. The van der Waals surface area contributed by atoms with Crippen LogP contribution in [0, 0.1) is 35.0 Å². The van der Waals surface area contributed by atoms with Gasteiger partial charge < -0.3 is 4.42 Å². The molecule has 0 aliphatic carbocycles. The Hall–Kier alpha value is -2.59. The predicted octanol–water partition coefficient (Wildman–Crippen LogP) is 2.53. The smallest absolute Gasteiger partial charge is 0.219 e. The van der Waals surface area contributed by atoms with E-state index in [0.717, 1.165) is 17.4 Å². The van der Waals surface area contributed by atoms with Crippen LogP contribution >= 0.6 is 0 Å². The molecule has 1 heterocycles. The summed E-state index contributed by atoms with van der Waals surface area (Å²) in [7, 11) is 0. The lowest BCUT2D eigenvalue weighted by atomic mass is 9.98. The SMILES string of the molecule is CCc1c(C)oc(=N)c2cc(C#N)c(C#N)cc12. The largest absolute Gasteiger partial charge is 0.443 e. The van der Waals surface area contributed by atoms with E-state index in [1.54, 1.807) is 19.1 Å². The molecule has 88 valence electrons. The number of aryl methyl sites for hydroxylation is 2. The number of hydrogen-bond donors (Lipinski definition) is 1. The van der Waals surface area contributed by atoms with Crippen LogP contribution in [-0.2, 0) is 6.42 Å². The minimum absolute atomic E-state index is 0.0284. The third-order valence-electron chi connectivity index (χ3n) is 3.00. The Morgan fingerprint density at radius 1 is 1.17 bits per heavy atom. The summed E-state index contributed by atoms with van der Waals surface area (Å²) >= 11 is 0. The standard InChI is InChI=1S/C14H11N3O/c1-3-11-8(2)18-14(17)13-5-10(7-16)9(6-15)4-12(11)13/h4-5,17H,3H2,1-2H3. The highest BCUT2D eigenvalue weighted by Gasteiger charge is 2.11. The van der Waals surface area contributed by atoms with E-state index < -0.39 is 0 Å². The number of nitrogens with one attached hydrogen (secondary N) is 1. The van der Waals surface area contributed by atoms with Crippen LogP contribution in [0.4, 0.5) is 0 Å². The van der Waals surface area contributed by atoms with E-state index in [1.165, 1.54) is 0 Å². The molecular weight excluding hydrogens is 226 g/mol. The van der Waals surface area contributed by atoms with E-state index in [4.69, 9.17) is 20.4 Å². The lowest BCUT2D eigenvalue weighted by molar-refractivity contribution is 0.461. The van der Waals surface area contributed by atoms with Crippen LogP contribution in [0.15, 0.2) is 16.5 Å².